The molecule has 3 aromatic rings. The van der Waals surface area contributed by atoms with Crippen molar-refractivity contribution in [2.75, 3.05) is 5.32 Å². The summed E-state index contributed by atoms with van der Waals surface area (Å²) in [6.45, 7) is 1.90. The van der Waals surface area contributed by atoms with Crippen molar-refractivity contribution >= 4 is 23.4 Å². The van der Waals surface area contributed by atoms with E-state index in [4.69, 9.17) is 4.74 Å². The molecule has 0 fully saturated rings. The fourth-order valence-electron chi connectivity index (χ4n) is 2.23. The number of para-hydroxylation sites is 1. The van der Waals surface area contributed by atoms with Gasteiger partial charge in [0.25, 0.3) is 0 Å². The Kier molecular flexibility index (Phi) is 5.75. The van der Waals surface area contributed by atoms with Gasteiger partial charge < -0.3 is 10.1 Å². The largest absolute Gasteiger partial charge is 0.457 e. The second-order valence-electron chi connectivity index (χ2n) is 5.50. The van der Waals surface area contributed by atoms with Gasteiger partial charge >= 0.3 is 0 Å². The van der Waals surface area contributed by atoms with E-state index in [1.54, 1.807) is 0 Å². The lowest BCUT2D eigenvalue weighted by molar-refractivity contribution is -0.115. The first-order valence-corrected chi connectivity index (χ1v) is 8.94. The topological polar surface area (TPSA) is 38.3 Å². The first kappa shape index (κ1) is 17.1. The summed E-state index contributed by atoms with van der Waals surface area (Å²) in [5.74, 6) is 1.49. The molecule has 3 nitrogen and oxygen atoms in total. The van der Waals surface area contributed by atoms with Crippen LogP contribution in [0, 0.1) is 0 Å². The number of benzene rings is 3. The molecular weight excluding hydrogens is 330 g/mol. The van der Waals surface area contributed by atoms with Crippen LogP contribution in [0.4, 0.5) is 5.69 Å². The number of amides is 1. The first-order chi connectivity index (χ1) is 12.2. The summed E-state index contributed by atoms with van der Waals surface area (Å²) in [6, 6.07) is 26.9. The SMILES string of the molecule is C[C@@H](Sc1ccccc1)C(=O)Nc1ccc(Oc2ccccc2)cc1. The van der Waals surface area contributed by atoms with Gasteiger partial charge in [0.2, 0.25) is 5.91 Å². The van der Waals surface area contributed by atoms with Gasteiger partial charge in [-0.2, -0.15) is 0 Å². The van der Waals surface area contributed by atoms with Gasteiger partial charge in [0.15, 0.2) is 0 Å². The number of thioether (sulfide) groups is 1. The van der Waals surface area contributed by atoms with E-state index in [2.05, 4.69) is 5.32 Å². The molecule has 0 aliphatic rings. The van der Waals surface area contributed by atoms with Crippen LogP contribution in [0.5, 0.6) is 11.5 Å². The second-order valence-corrected chi connectivity index (χ2v) is 6.92. The zero-order valence-electron chi connectivity index (χ0n) is 13.9. The third-order valence-electron chi connectivity index (χ3n) is 3.53. The molecule has 0 aromatic heterocycles. The molecule has 1 N–H and O–H groups in total. The molecule has 126 valence electrons. The maximum absolute atomic E-state index is 12.3. The molecule has 25 heavy (non-hydrogen) atoms. The highest BCUT2D eigenvalue weighted by atomic mass is 32.2. The Labute approximate surface area is 152 Å². The first-order valence-electron chi connectivity index (χ1n) is 8.06. The number of hydrogen-bond acceptors (Lipinski definition) is 3. The molecule has 3 rings (SSSR count). The van der Waals surface area contributed by atoms with Gasteiger partial charge in [-0.05, 0) is 55.5 Å². The summed E-state index contributed by atoms with van der Waals surface area (Å²) in [6.07, 6.45) is 0. The fraction of sp³-hybridized carbons (Fsp3) is 0.0952. The number of anilines is 1. The standard InChI is InChI=1S/C21H19NO2S/c1-16(25-20-10-6-3-7-11-20)21(23)22-17-12-14-19(15-13-17)24-18-8-4-2-5-9-18/h2-16H,1H3,(H,22,23)/t16-/m1/s1. The van der Waals surface area contributed by atoms with Crippen molar-refractivity contribution in [3.05, 3.63) is 84.9 Å². The van der Waals surface area contributed by atoms with Crippen LogP contribution in [-0.2, 0) is 4.79 Å². The Balaban J connectivity index is 1.56. The van der Waals surface area contributed by atoms with Gasteiger partial charge in [0.1, 0.15) is 11.5 Å². The average Bonchev–Trinajstić information content (AvgIpc) is 2.65. The van der Waals surface area contributed by atoms with Gasteiger partial charge in [-0.1, -0.05) is 36.4 Å². The number of carbonyl (C=O) groups excluding carboxylic acids is 1. The van der Waals surface area contributed by atoms with Crippen LogP contribution < -0.4 is 10.1 Å². The maximum Gasteiger partial charge on any atom is 0.237 e. The van der Waals surface area contributed by atoms with Gasteiger partial charge in [0.05, 0.1) is 5.25 Å². The van der Waals surface area contributed by atoms with Crippen LogP contribution in [0.3, 0.4) is 0 Å². The van der Waals surface area contributed by atoms with Crippen LogP contribution in [0.1, 0.15) is 6.92 Å². The minimum Gasteiger partial charge on any atom is -0.457 e. The Hall–Kier alpha value is -2.72. The third kappa shape index (κ3) is 5.13. The van der Waals surface area contributed by atoms with Crippen molar-refractivity contribution in [2.45, 2.75) is 17.1 Å². The molecule has 0 unspecified atom stereocenters. The molecule has 1 atom stereocenters. The average molecular weight is 349 g/mol. The molecule has 1 amide bonds. The Morgan fingerprint density at radius 2 is 1.40 bits per heavy atom. The summed E-state index contributed by atoms with van der Waals surface area (Å²) in [5.41, 5.74) is 0.755. The summed E-state index contributed by atoms with van der Waals surface area (Å²) < 4.78 is 5.75. The quantitative estimate of drug-likeness (QED) is 0.589. The lowest BCUT2D eigenvalue weighted by atomic mass is 10.3. The summed E-state index contributed by atoms with van der Waals surface area (Å²) in [7, 11) is 0. The molecule has 0 radical (unpaired) electrons. The van der Waals surface area contributed by atoms with E-state index in [0.29, 0.717) is 0 Å². The number of ether oxygens (including phenoxy) is 1. The Morgan fingerprint density at radius 1 is 0.840 bits per heavy atom. The molecule has 0 saturated carbocycles. The monoisotopic (exact) mass is 349 g/mol. The summed E-state index contributed by atoms with van der Waals surface area (Å²) >= 11 is 1.54. The lowest BCUT2D eigenvalue weighted by Gasteiger charge is -2.12. The van der Waals surface area contributed by atoms with Crippen molar-refractivity contribution in [2.24, 2.45) is 0 Å². The van der Waals surface area contributed by atoms with Crippen LogP contribution >= 0.6 is 11.8 Å². The molecule has 0 aliphatic heterocycles. The fourth-order valence-corrected chi connectivity index (χ4v) is 3.12. The minimum absolute atomic E-state index is 0.0226. The number of rotatable bonds is 6. The highest BCUT2D eigenvalue weighted by molar-refractivity contribution is 8.00. The van der Waals surface area contributed by atoms with E-state index in [0.717, 1.165) is 22.1 Å². The Bertz CT molecular complexity index is 804. The lowest BCUT2D eigenvalue weighted by Crippen LogP contribution is -2.22. The smallest absolute Gasteiger partial charge is 0.237 e. The van der Waals surface area contributed by atoms with Crippen LogP contribution in [-0.4, -0.2) is 11.2 Å². The normalized spacial score (nSPS) is 11.6. The predicted molar refractivity (Wildman–Crippen MR) is 103 cm³/mol. The molecule has 4 heteroatoms. The number of nitrogens with one attached hydrogen (secondary N) is 1. The van der Waals surface area contributed by atoms with Crippen LogP contribution in [0.25, 0.3) is 0 Å². The van der Waals surface area contributed by atoms with E-state index in [9.17, 15) is 4.79 Å². The van der Waals surface area contributed by atoms with Gasteiger partial charge in [-0.15, -0.1) is 11.8 Å². The molecule has 0 spiro atoms. The van der Waals surface area contributed by atoms with Gasteiger partial charge in [-0.25, -0.2) is 0 Å². The predicted octanol–water partition coefficient (Wildman–Crippen LogP) is 5.60. The van der Waals surface area contributed by atoms with Crippen molar-refractivity contribution < 1.29 is 9.53 Å². The summed E-state index contributed by atoms with van der Waals surface area (Å²) in [5, 5.41) is 2.76. The number of hydrogen-bond donors (Lipinski definition) is 1. The molecule has 0 aliphatic carbocycles. The zero-order chi connectivity index (χ0) is 17.5. The van der Waals surface area contributed by atoms with Crippen molar-refractivity contribution in [3.8, 4) is 11.5 Å². The molecule has 3 aromatic carbocycles. The van der Waals surface area contributed by atoms with Crippen molar-refractivity contribution in [3.63, 3.8) is 0 Å². The van der Waals surface area contributed by atoms with E-state index in [1.165, 1.54) is 11.8 Å². The van der Waals surface area contributed by atoms with Gasteiger partial charge in [0, 0.05) is 10.6 Å². The second kappa shape index (κ2) is 8.40. The van der Waals surface area contributed by atoms with E-state index >= 15 is 0 Å². The van der Waals surface area contributed by atoms with E-state index in [1.807, 2.05) is 91.9 Å². The van der Waals surface area contributed by atoms with Crippen molar-refractivity contribution in [1.82, 2.24) is 0 Å². The van der Waals surface area contributed by atoms with E-state index < -0.39 is 0 Å². The van der Waals surface area contributed by atoms with Crippen molar-refractivity contribution in [1.29, 1.82) is 0 Å². The highest BCUT2D eigenvalue weighted by Crippen LogP contribution is 2.25. The molecule has 0 bridgehead atoms. The molecule has 0 heterocycles. The van der Waals surface area contributed by atoms with E-state index in [-0.39, 0.29) is 11.2 Å². The molecule has 0 saturated heterocycles. The zero-order valence-corrected chi connectivity index (χ0v) is 14.7. The highest BCUT2D eigenvalue weighted by Gasteiger charge is 2.14. The maximum atomic E-state index is 12.3. The summed E-state index contributed by atoms with van der Waals surface area (Å²) in [4.78, 5) is 13.4. The number of carbonyl (C=O) groups is 1. The minimum atomic E-state index is -0.178. The van der Waals surface area contributed by atoms with Crippen LogP contribution in [0.2, 0.25) is 0 Å². The third-order valence-corrected chi connectivity index (χ3v) is 4.64. The van der Waals surface area contributed by atoms with Gasteiger partial charge in [-0.3, -0.25) is 4.79 Å². The Morgan fingerprint density at radius 3 is 2.04 bits per heavy atom. The molecular formula is C21H19NO2S. The van der Waals surface area contributed by atoms with Crippen LogP contribution in [0.15, 0.2) is 89.8 Å².